The van der Waals surface area contributed by atoms with Crippen LogP contribution < -0.4 is 5.32 Å². The second-order valence-electron chi connectivity index (χ2n) is 3.64. The summed E-state index contributed by atoms with van der Waals surface area (Å²) in [6.07, 6.45) is 2.61. The van der Waals surface area contributed by atoms with E-state index >= 15 is 0 Å². The predicted octanol–water partition coefficient (Wildman–Crippen LogP) is 1.62. The van der Waals surface area contributed by atoms with Crippen molar-refractivity contribution < 1.29 is 4.79 Å². The van der Waals surface area contributed by atoms with E-state index < -0.39 is 0 Å². The van der Waals surface area contributed by atoms with Gasteiger partial charge in [0.1, 0.15) is 6.33 Å². The molecule has 7 heteroatoms. The number of anilines is 1. The van der Waals surface area contributed by atoms with E-state index in [2.05, 4.69) is 20.8 Å². The van der Waals surface area contributed by atoms with Crippen molar-refractivity contribution >= 4 is 23.2 Å². The fourth-order valence-corrected chi connectivity index (χ4v) is 1.56. The van der Waals surface area contributed by atoms with Crippen LogP contribution in [-0.2, 0) is 4.79 Å². The number of benzene rings is 1. The van der Waals surface area contributed by atoms with Gasteiger partial charge < -0.3 is 5.32 Å². The molecule has 0 unspecified atom stereocenters. The van der Waals surface area contributed by atoms with E-state index in [1.807, 2.05) is 12.1 Å². The Morgan fingerprint density at radius 3 is 2.72 bits per heavy atom. The summed E-state index contributed by atoms with van der Waals surface area (Å²) in [4.78, 5) is 11.5. The molecular weight excluding hydrogens is 254 g/mol. The van der Waals surface area contributed by atoms with Crippen molar-refractivity contribution in [2.24, 2.45) is 0 Å². The first-order chi connectivity index (χ1) is 8.79. The number of nitrogens with one attached hydrogen (secondary N) is 1. The van der Waals surface area contributed by atoms with Crippen LogP contribution in [0.3, 0.4) is 0 Å². The number of carbonyl (C=O) groups is 1. The average molecular weight is 266 g/mol. The van der Waals surface area contributed by atoms with Gasteiger partial charge in [0.05, 0.1) is 5.69 Å². The number of aromatic nitrogens is 4. The maximum atomic E-state index is 11.5. The van der Waals surface area contributed by atoms with Crippen LogP contribution in [0.5, 0.6) is 0 Å². The number of halogens is 1. The van der Waals surface area contributed by atoms with Crippen LogP contribution in [0.4, 0.5) is 5.69 Å². The molecule has 1 N–H and O–H groups in total. The van der Waals surface area contributed by atoms with Crippen LogP contribution in [0.1, 0.15) is 12.8 Å². The molecule has 0 aliphatic heterocycles. The maximum absolute atomic E-state index is 11.5. The lowest BCUT2D eigenvalue weighted by atomic mass is 10.2. The molecule has 6 nitrogen and oxygen atoms in total. The third-order valence-corrected chi connectivity index (χ3v) is 2.57. The zero-order valence-electron chi connectivity index (χ0n) is 9.58. The Kier molecular flexibility index (Phi) is 4.25. The van der Waals surface area contributed by atoms with Gasteiger partial charge in [0.15, 0.2) is 0 Å². The van der Waals surface area contributed by atoms with Gasteiger partial charge in [0.2, 0.25) is 5.91 Å². The monoisotopic (exact) mass is 265 g/mol. The van der Waals surface area contributed by atoms with Crippen molar-refractivity contribution in [3.8, 4) is 5.69 Å². The van der Waals surface area contributed by atoms with Gasteiger partial charge in [-0.1, -0.05) is 0 Å². The topological polar surface area (TPSA) is 72.7 Å². The number of nitrogens with zero attached hydrogens (tertiary/aromatic N) is 4. The molecule has 94 valence electrons. The van der Waals surface area contributed by atoms with Crippen molar-refractivity contribution in [3.05, 3.63) is 30.6 Å². The quantitative estimate of drug-likeness (QED) is 0.834. The minimum Gasteiger partial charge on any atom is -0.326 e. The normalized spacial score (nSPS) is 10.3. The van der Waals surface area contributed by atoms with E-state index in [0.717, 1.165) is 11.4 Å². The summed E-state index contributed by atoms with van der Waals surface area (Å²) in [6.45, 7) is 0. The number of alkyl halides is 1. The van der Waals surface area contributed by atoms with E-state index in [-0.39, 0.29) is 5.91 Å². The molecule has 0 bridgehead atoms. The first kappa shape index (κ1) is 12.5. The standard InChI is InChI=1S/C11H12ClN5O/c12-7-1-2-11(18)14-9-3-5-10(6-4-9)17-8-13-15-16-17/h3-6,8H,1-2,7H2,(H,14,18). The minimum absolute atomic E-state index is 0.0363. The lowest BCUT2D eigenvalue weighted by Gasteiger charge is -2.05. The van der Waals surface area contributed by atoms with Crippen LogP contribution >= 0.6 is 11.6 Å². The molecule has 1 aromatic carbocycles. The Morgan fingerprint density at radius 2 is 2.11 bits per heavy atom. The molecule has 18 heavy (non-hydrogen) atoms. The molecule has 0 aliphatic rings. The van der Waals surface area contributed by atoms with E-state index in [1.54, 1.807) is 16.8 Å². The first-order valence-electron chi connectivity index (χ1n) is 5.49. The third-order valence-electron chi connectivity index (χ3n) is 2.30. The van der Waals surface area contributed by atoms with Crippen molar-refractivity contribution in [1.82, 2.24) is 20.2 Å². The second-order valence-corrected chi connectivity index (χ2v) is 4.02. The molecule has 0 saturated heterocycles. The Hall–Kier alpha value is -1.95. The average Bonchev–Trinajstić information content (AvgIpc) is 2.91. The molecule has 1 heterocycles. The Morgan fingerprint density at radius 1 is 1.33 bits per heavy atom. The number of hydrogen-bond donors (Lipinski definition) is 1. The van der Waals surface area contributed by atoms with Gasteiger partial charge in [-0.25, -0.2) is 4.68 Å². The zero-order chi connectivity index (χ0) is 12.8. The minimum atomic E-state index is -0.0363. The fourth-order valence-electron chi connectivity index (χ4n) is 1.43. The van der Waals surface area contributed by atoms with Crippen molar-refractivity contribution in [2.75, 3.05) is 11.2 Å². The van der Waals surface area contributed by atoms with Crippen LogP contribution in [0.25, 0.3) is 5.69 Å². The van der Waals surface area contributed by atoms with Crippen molar-refractivity contribution in [1.29, 1.82) is 0 Å². The summed E-state index contributed by atoms with van der Waals surface area (Å²) in [5.74, 6) is 0.455. The van der Waals surface area contributed by atoms with Gasteiger partial charge in [0.25, 0.3) is 0 Å². The first-order valence-corrected chi connectivity index (χ1v) is 6.02. The molecule has 0 aliphatic carbocycles. The molecule has 0 fully saturated rings. The highest BCUT2D eigenvalue weighted by molar-refractivity contribution is 6.18. The summed E-state index contributed by atoms with van der Waals surface area (Å²) in [5, 5.41) is 13.7. The number of rotatable bonds is 5. The second kappa shape index (κ2) is 6.11. The van der Waals surface area contributed by atoms with E-state index in [4.69, 9.17) is 11.6 Å². The zero-order valence-corrected chi connectivity index (χ0v) is 10.3. The summed E-state index contributed by atoms with van der Waals surface area (Å²) in [5.41, 5.74) is 1.57. The smallest absolute Gasteiger partial charge is 0.224 e. The SMILES string of the molecule is O=C(CCCCl)Nc1ccc(-n2cnnn2)cc1. The number of amides is 1. The summed E-state index contributed by atoms with van der Waals surface area (Å²) in [6, 6.07) is 7.26. The molecule has 2 rings (SSSR count). The molecule has 1 amide bonds. The van der Waals surface area contributed by atoms with E-state index in [9.17, 15) is 4.79 Å². The fraction of sp³-hybridized carbons (Fsp3) is 0.273. The van der Waals surface area contributed by atoms with Gasteiger partial charge in [-0.2, -0.15) is 0 Å². The van der Waals surface area contributed by atoms with E-state index in [0.29, 0.717) is 18.7 Å². The van der Waals surface area contributed by atoms with Crippen LogP contribution in [0, 0.1) is 0 Å². The number of hydrogen-bond acceptors (Lipinski definition) is 4. The van der Waals surface area contributed by atoms with Gasteiger partial charge in [0, 0.05) is 18.0 Å². The summed E-state index contributed by atoms with van der Waals surface area (Å²) >= 11 is 5.52. The Labute approximate surface area is 109 Å². The maximum Gasteiger partial charge on any atom is 0.224 e. The van der Waals surface area contributed by atoms with Gasteiger partial charge in [-0.3, -0.25) is 4.79 Å². The highest BCUT2D eigenvalue weighted by Crippen LogP contribution is 2.12. The van der Waals surface area contributed by atoms with Crippen molar-refractivity contribution in [2.45, 2.75) is 12.8 Å². The molecule has 0 saturated carbocycles. The van der Waals surface area contributed by atoms with Crippen LogP contribution in [-0.4, -0.2) is 32.0 Å². The molecular formula is C11H12ClN5O. The lowest BCUT2D eigenvalue weighted by molar-refractivity contribution is -0.116. The number of carbonyl (C=O) groups excluding carboxylic acids is 1. The molecule has 0 atom stereocenters. The van der Waals surface area contributed by atoms with Crippen molar-refractivity contribution in [3.63, 3.8) is 0 Å². The highest BCUT2D eigenvalue weighted by Gasteiger charge is 2.02. The van der Waals surface area contributed by atoms with Gasteiger partial charge in [-0.15, -0.1) is 16.7 Å². The Bertz CT molecular complexity index is 497. The highest BCUT2D eigenvalue weighted by atomic mass is 35.5. The predicted molar refractivity (Wildman–Crippen MR) is 67.7 cm³/mol. The van der Waals surface area contributed by atoms with Crippen LogP contribution in [0.15, 0.2) is 30.6 Å². The largest absolute Gasteiger partial charge is 0.326 e. The molecule has 1 aromatic heterocycles. The van der Waals surface area contributed by atoms with Crippen LogP contribution in [0.2, 0.25) is 0 Å². The summed E-state index contributed by atoms with van der Waals surface area (Å²) < 4.78 is 1.54. The lowest BCUT2D eigenvalue weighted by Crippen LogP contribution is -2.11. The molecule has 0 radical (unpaired) electrons. The van der Waals surface area contributed by atoms with E-state index in [1.165, 1.54) is 6.33 Å². The number of tetrazole rings is 1. The Balaban J connectivity index is 1.98. The molecule has 2 aromatic rings. The third kappa shape index (κ3) is 3.27. The molecule has 0 spiro atoms. The van der Waals surface area contributed by atoms with Gasteiger partial charge >= 0.3 is 0 Å². The summed E-state index contributed by atoms with van der Waals surface area (Å²) in [7, 11) is 0. The van der Waals surface area contributed by atoms with Gasteiger partial charge in [-0.05, 0) is 41.1 Å².